The van der Waals surface area contributed by atoms with Gasteiger partial charge in [-0.25, -0.2) is 9.37 Å². The second-order valence-electron chi connectivity index (χ2n) is 4.96. The Hall–Kier alpha value is -3.46. The summed E-state index contributed by atoms with van der Waals surface area (Å²) in [5.74, 6) is 0.375. The number of hydrogen-bond acceptors (Lipinski definition) is 5. The number of anilines is 1. The van der Waals surface area contributed by atoms with Crippen molar-refractivity contribution in [1.29, 1.82) is 5.26 Å². The first-order valence-electron chi connectivity index (χ1n) is 7.15. The number of nitrogens with zero attached hydrogens (tertiary/aromatic N) is 3. The summed E-state index contributed by atoms with van der Waals surface area (Å²) < 4.78 is 19.9. The molecule has 0 bridgehead atoms. The molecular formula is C18H13FN4O. The Labute approximate surface area is 138 Å². The smallest absolute Gasteiger partial charge is 0.174 e. The van der Waals surface area contributed by atoms with E-state index in [0.717, 1.165) is 0 Å². The van der Waals surface area contributed by atoms with Crippen molar-refractivity contribution < 1.29 is 9.13 Å². The van der Waals surface area contributed by atoms with Crippen LogP contribution in [0.3, 0.4) is 0 Å². The molecule has 5 nitrogen and oxygen atoms in total. The first kappa shape index (κ1) is 15.4. The van der Waals surface area contributed by atoms with Gasteiger partial charge in [0.25, 0.3) is 0 Å². The molecule has 6 heteroatoms. The van der Waals surface area contributed by atoms with E-state index in [1.54, 1.807) is 24.3 Å². The lowest BCUT2D eigenvalue weighted by molar-refractivity contribution is 0.369. The van der Waals surface area contributed by atoms with Gasteiger partial charge in [-0.15, -0.1) is 0 Å². The van der Waals surface area contributed by atoms with Crippen LogP contribution in [0.1, 0.15) is 0 Å². The van der Waals surface area contributed by atoms with Crippen molar-refractivity contribution in [2.45, 2.75) is 0 Å². The summed E-state index contributed by atoms with van der Waals surface area (Å²) >= 11 is 0. The standard InChI is InChI=1S/C18H13FN4O/c19-15-9-12(13-3-1-2-4-17(13)24-8-7-20)5-6-14(15)16-10-23-18(21)11-22-16/h1-6,9-11H,8H2,(H2,21,23). The summed E-state index contributed by atoms with van der Waals surface area (Å²) in [6.45, 7) is -0.0708. The normalized spacial score (nSPS) is 10.2. The first-order chi connectivity index (χ1) is 11.7. The second kappa shape index (κ2) is 6.75. The predicted molar refractivity (Wildman–Crippen MR) is 88.4 cm³/mol. The molecule has 2 aromatic carbocycles. The van der Waals surface area contributed by atoms with Gasteiger partial charge in [0.2, 0.25) is 0 Å². The third-order valence-corrected chi connectivity index (χ3v) is 3.41. The number of rotatable bonds is 4. The van der Waals surface area contributed by atoms with Gasteiger partial charge in [0.1, 0.15) is 23.5 Å². The Balaban J connectivity index is 1.99. The number of nitrogens with two attached hydrogens (primary N) is 1. The van der Waals surface area contributed by atoms with Crippen LogP contribution in [-0.2, 0) is 0 Å². The Bertz CT molecular complexity index is 904. The van der Waals surface area contributed by atoms with E-state index in [2.05, 4.69) is 9.97 Å². The maximum atomic E-state index is 14.5. The molecule has 3 aromatic rings. The Morgan fingerprint density at radius 2 is 1.92 bits per heavy atom. The van der Waals surface area contributed by atoms with Crippen LogP contribution in [0.15, 0.2) is 54.9 Å². The molecule has 0 saturated carbocycles. The third-order valence-electron chi connectivity index (χ3n) is 3.41. The Morgan fingerprint density at radius 1 is 1.08 bits per heavy atom. The summed E-state index contributed by atoms with van der Waals surface area (Å²) in [4.78, 5) is 8.00. The number of aromatic nitrogens is 2. The SMILES string of the molecule is N#CCOc1ccccc1-c1ccc(-c2cnc(N)cn2)c(F)c1. The lowest BCUT2D eigenvalue weighted by Gasteiger charge is -2.10. The van der Waals surface area contributed by atoms with Gasteiger partial charge >= 0.3 is 0 Å². The fourth-order valence-corrected chi connectivity index (χ4v) is 2.31. The molecule has 2 N–H and O–H groups in total. The molecule has 0 radical (unpaired) electrons. The molecule has 1 aromatic heterocycles. The molecule has 0 unspecified atom stereocenters. The molecule has 0 spiro atoms. The van der Waals surface area contributed by atoms with E-state index in [1.807, 2.05) is 18.2 Å². The summed E-state index contributed by atoms with van der Waals surface area (Å²) in [6, 6.07) is 13.9. The molecule has 24 heavy (non-hydrogen) atoms. The molecular weight excluding hydrogens is 307 g/mol. The van der Waals surface area contributed by atoms with Gasteiger partial charge in [0.05, 0.1) is 18.1 Å². The second-order valence-corrected chi connectivity index (χ2v) is 4.96. The molecule has 3 rings (SSSR count). The van der Waals surface area contributed by atoms with Crippen molar-refractivity contribution in [3.05, 3.63) is 60.7 Å². The molecule has 0 aliphatic carbocycles. The van der Waals surface area contributed by atoms with E-state index in [9.17, 15) is 4.39 Å². The van der Waals surface area contributed by atoms with Crippen molar-refractivity contribution in [2.24, 2.45) is 0 Å². The maximum absolute atomic E-state index is 14.5. The van der Waals surface area contributed by atoms with Crippen molar-refractivity contribution in [1.82, 2.24) is 9.97 Å². The minimum absolute atomic E-state index is 0.0708. The van der Waals surface area contributed by atoms with E-state index >= 15 is 0 Å². The number of halogens is 1. The van der Waals surface area contributed by atoms with Crippen LogP contribution in [-0.4, -0.2) is 16.6 Å². The number of hydrogen-bond donors (Lipinski definition) is 1. The highest BCUT2D eigenvalue weighted by Gasteiger charge is 2.11. The minimum atomic E-state index is -0.429. The summed E-state index contributed by atoms with van der Waals surface area (Å²) in [7, 11) is 0. The summed E-state index contributed by atoms with van der Waals surface area (Å²) in [5, 5.41) is 8.66. The van der Waals surface area contributed by atoms with Gasteiger partial charge in [-0.3, -0.25) is 4.98 Å². The van der Waals surface area contributed by atoms with Crippen LogP contribution in [0.2, 0.25) is 0 Å². The van der Waals surface area contributed by atoms with Gasteiger partial charge < -0.3 is 10.5 Å². The maximum Gasteiger partial charge on any atom is 0.174 e. The first-order valence-corrected chi connectivity index (χ1v) is 7.15. The number of nitriles is 1. The van der Waals surface area contributed by atoms with Gasteiger partial charge in [-0.2, -0.15) is 5.26 Å². The Kier molecular flexibility index (Phi) is 4.34. The van der Waals surface area contributed by atoms with Crippen molar-refractivity contribution >= 4 is 5.82 Å². The molecule has 0 aliphatic rings. The lowest BCUT2D eigenvalue weighted by Crippen LogP contribution is -1.96. The van der Waals surface area contributed by atoms with Crippen LogP contribution in [0.5, 0.6) is 5.75 Å². The molecule has 0 amide bonds. The highest BCUT2D eigenvalue weighted by Crippen LogP contribution is 2.32. The fourth-order valence-electron chi connectivity index (χ4n) is 2.31. The summed E-state index contributed by atoms with van der Waals surface area (Å²) in [6.07, 6.45) is 2.81. The van der Waals surface area contributed by atoms with Gasteiger partial charge in [0, 0.05) is 11.1 Å². The average molecular weight is 320 g/mol. The van der Waals surface area contributed by atoms with E-state index in [-0.39, 0.29) is 12.4 Å². The monoisotopic (exact) mass is 320 g/mol. The van der Waals surface area contributed by atoms with E-state index < -0.39 is 5.82 Å². The van der Waals surface area contributed by atoms with Crippen LogP contribution < -0.4 is 10.5 Å². The quantitative estimate of drug-likeness (QED) is 0.796. The van der Waals surface area contributed by atoms with Crippen LogP contribution in [0.25, 0.3) is 22.4 Å². The minimum Gasteiger partial charge on any atom is -0.478 e. The van der Waals surface area contributed by atoms with Crippen molar-refractivity contribution in [2.75, 3.05) is 12.3 Å². The molecule has 118 valence electrons. The highest BCUT2D eigenvalue weighted by molar-refractivity contribution is 5.73. The Morgan fingerprint density at radius 3 is 2.62 bits per heavy atom. The van der Waals surface area contributed by atoms with E-state index in [4.69, 9.17) is 15.7 Å². The lowest BCUT2D eigenvalue weighted by atomic mass is 10.0. The highest BCUT2D eigenvalue weighted by atomic mass is 19.1. The number of benzene rings is 2. The van der Waals surface area contributed by atoms with Crippen molar-refractivity contribution in [3.63, 3.8) is 0 Å². The molecule has 0 fully saturated rings. The molecule has 0 atom stereocenters. The third kappa shape index (κ3) is 3.15. The van der Waals surface area contributed by atoms with Gasteiger partial charge in [-0.05, 0) is 23.8 Å². The molecule has 0 saturated heterocycles. The van der Waals surface area contributed by atoms with Gasteiger partial charge in [-0.1, -0.05) is 24.3 Å². The zero-order chi connectivity index (χ0) is 16.9. The topological polar surface area (TPSA) is 84.8 Å². The summed E-state index contributed by atoms with van der Waals surface area (Å²) in [5.41, 5.74) is 7.59. The zero-order valence-corrected chi connectivity index (χ0v) is 12.6. The number of para-hydroxylation sites is 1. The largest absolute Gasteiger partial charge is 0.478 e. The molecule has 1 heterocycles. The fraction of sp³-hybridized carbons (Fsp3) is 0.0556. The number of nitrogen functional groups attached to an aromatic ring is 1. The predicted octanol–water partition coefficient (Wildman–Crippen LogP) is 3.43. The van der Waals surface area contributed by atoms with Crippen LogP contribution in [0.4, 0.5) is 10.2 Å². The molecule has 0 aliphatic heterocycles. The van der Waals surface area contributed by atoms with Crippen molar-refractivity contribution in [3.8, 4) is 34.2 Å². The zero-order valence-electron chi connectivity index (χ0n) is 12.6. The van der Waals surface area contributed by atoms with E-state index in [1.165, 1.54) is 18.5 Å². The van der Waals surface area contributed by atoms with Crippen LogP contribution >= 0.6 is 0 Å². The average Bonchev–Trinajstić information content (AvgIpc) is 2.61. The van der Waals surface area contributed by atoms with E-state index in [0.29, 0.717) is 28.1 Å². The number of ether oxygens (including phenoxy) is 1. The van der Waals surface area contributed by atoms with Gasteiger partial charge in [0.15, 0.2) is 6.61 Å². The van der Waals surface area contributed by atoms with Crippen LogP contribution in [0, 0.1) is 17.1 Å².